The third-order valence-electron chi connectivity index (χ3n) is 4.31. The van der Waals surface area contributed by atoms with Gasteiger partial charge < -0.3 is 5.32 Å². The lowest BCUT2D eigenvalue weighted by Gasteiger charge is -2.15. The number of fused-ring (bicyclic) bond motifs is 1. The van der Waals surface area contributed by atoms with E-state index in [4.69, 9.17) is 0 Å². The summed E-state index contributed by atoms with van der Waals surface area (Å²) in [5.74, 6) is 0.863. The molecule has 2 aromatic heterocycles. The lowest BCUT2D eigenvalue weighted by molar-refractivity contribution is 0.484. The molecule has 0 radical (unpaired) electrons. The molecule has 0 amide bonds. The second kappa shape index (κ2) is 6.20. The molecule has 5 heteroatoms. The Balaban J connectivity index is 1.57. The number of nitrogens with one attached hydrogen (secondary N) is 1. The van der Waals surface area contributed by atoms with Crippen LogP contribution >= 0.6 is 0 Å². The van der Waals surface area contributed by atoms with Gasteiger partial charge >= 0.3 is 0 Å². The van der Waals surface area contributed by atoms with Crippen LogP contribution in [0.2, 0.25) is 0 Å². The molecule has 5 nitrogen and oxygen atoms in total. The summed E-state index contributed by atoms with van der Waals surface area (Å²) < 4.78 is 2.14. The van der Waals surface area contributed by atoms with E-state index in [0.29, 0.717) is 0 Å². The van der Waals surface area contributed by atoms with Gasteiger partial charge in [0.25, 0.3) is 0 Å². The highest BCUT2D eigenvalue weighted by atomic mass is 15.3. The first-order valence-electron chi connectivity index (χ1n) is 8.04. The Morgan fingerprint density at radius 3 is 2.91 bits per heavy atom. The minimum atomic E-state index is 0.742. The Morgan fingerprint density at radius 1 is 1.09 bits per heavy atom. The smallest absolute Gasteiger partial charge is 0.137 e. The second-order valence-electron chi connectivity index (χ2n) is 5.80. The molecule has 0 saturated carbocycles. The first-order valence-corrected chi connectivity index (χ1v) is 8.04. The fourth-order valence-electron chi connectivity index (χ4n) is 3.11. The van der Waals surface area contributed by atoms with Crippen molar-refractivity contribution in [3.63, 3.8) is 0 Å². The van der Waals surface area contributed by atoms with Crippen LogP contribution in [-0.2, 0) is 19.5 Å². The molecular weight excluding hydrogens is 286 g/mol. The molecule has 1 N–H and O–H groups in total. The van der Waals surface area contributed by atoms with E-state index < -0.39 is 0 Å². The molecule has 0 saturated heterocycles. The van der Waals surface area contributed by atoms with Gasteiger partial charge in [0, 0.05) is 36.1 Å². The zero-order valence-electron chi connectivity index (χ0n) is 12.9. The van der Waals surface area contributed by atoms with Crippen molar-refractivity contribution in [1.29, 1.82) is 0 Å². The second-order valence-corrected chi connectivity index (χ2v) is 5.80. The highest BCUT2D eigenvalue weighted by Gasteiger charge is 2.15. The topological polar surface area (TPSA) is 55.6 Å². The molecule has 4 rings (SSSR count). The van der Waals surface area contributed by atoms with Crippen LogP contribution < -0.4 is 5.32 Å². The number of anilines is 1. The van der Waals surface area contributed by atoms with Gasteiger partial charge in [0.05, 0.1) is 6.20 Å². The molecule has 1 aliphatic rings. The van der Waals surface area contributed by atoms with Crippen LogP contribution in [-0.4, -0.2) is 19.7 Å². The van der Waals surface area contributed by atoms with Gasteiger partial charge in [-0.05, 0) is 24.8 Å². The molecule has 0 atom stereocenters. The molecule has 116 valence electrons. The molecule has 0 unspecified atom stereocenters. The van der Waals surface area contributed by atoms with Crippen LogP contribution in [0.5, 0.6) is 0 Å². The summed E-state index contributed by atoms with van der Waals surface area (Å²) in [6, 6.07) is 10.2. The molecule has 1 aromatic carbocycles. The van der Waals surface area contributed by atoms with Crippen LogP contribution in [0.4, 0.5) is 5.82 Å². The average molecular weight is 305 g/mol. The van der Waals surface area contributed by atoms with E-state index in [1.807, 2.05) is 30.6 Å². The van der Waals surface area contributed by atoms with E-state index in [2.05, 4.69) is 37.2 Å². The van der Waals surface area contributed by atoms with Crippen molar-refractivity contribution >= 4 is 5.82 Å². The summed E-state index contributed by atoms with van der Waals surface area (Å²) in [6.07, 6.45) is 9.02. The molecule has 3 heterocycles. The van der Waals surface area contributed by atoms with E-state index in [1.54, 1.807) is 6.33 Å². The fourth-order valence-corrected chi connectivity index (χ4v) is 3.11. The normalized spacial score (nSPS) is 13.6. The first kappa shape index (κ1) is 13.9. The minimum absolute atomic E-state index is 0.742. The zero-order valence-corrected chi connectivity index (χ0v) is 12.9. The molecule has 3 aromatic rings. The summed E-state index contributed by atoms with van der Waals surface area (Å²) in [4.78, 5) is 8.59. The quantitative estimate of drug-likeness (QED) is 0.803. The lowest BCUT2D eigenvalue weighted by Crippen LogP contribution is -2.13. The van der Waals surface area contributed by atoms with Gasteiger partial charge in [0.1, 0.15) is 12.1 Å². The van der Waals surface area contributed by atoms with Crippen LogP contribution in [0.15, 0.2) is 49.1 Å². The summed E-state index contributed by atoms with van der Waals surface area (Å²) in [5.41, 5.74) is 4.77. The predicted molar refractivity (Wildman–Crippen MR) is 90.0 cm³/mol. The van der Waals surface area contributed by atoms with Gasteiger partial charge in [-0.25, -0.2) is 9.97 Å². The van der Waals surface area contributed by atoms with E-state index in [9.17, 15) is 0 Å². The van der Waals surface area contributed by atoms with Gasteiger partial charge in [-0.3, -0.25) is 4.68 Å². The molecule has 0 spiro atoms. The molecular formula is C18H19N5. The predicted octanol–water partition coefficient (Wildman–Crippen LogP) is 3.29. The van der Waals surface area contributed by atoms with Crippen molar-refractivity contribution in [2.75, 3.05) is 5.32 Å². The lowest BCUT2D eigenvalue weighted by atomic mass is 10.1. The van der Waals surface area contributed by atoms with Crippen LogP contribution in [0.1, 0.15) is 24.1 Å². The number of benzene rings is 1. The summed E-state index contributed by atoms with van der Waals surface area (Å²) in [5, 5.41) is 7.95. The maximum absolute atomic E-state index is 4.49. The van der Waals surface area contributed by atoms with Gasteiger partial charge in [-0.15, -0.1) is 0 Å². The number of rotatable bonds is 4. The number of aromatic nitrogens is 4. The Morgan fingerprint density at radius 2 is 2.00 bits per heavy atom. The molecule has 0 fully saturated rings. The fraction of sp³-hybridized carbons (Fsp3) is 0.278. The van der Waals surface area contributed by atoms with Crippen LogP contribution in [0.25, 0.3) is 11.1 Å². The maximum Gasteiger partial charge on any atom is 0.137 e. The van der Waals surface area contributed by atoms with Crippen molar-refractivity contribution in [3.05, 3.63) is 60.3 Å². The molecule has 1 aliphatic heterocycles. The first-order chi connectivity index (χ1) is 11.4. The van der Waals surface area contributed by atoms with Crippen molar-refractivity contribution in [3.8, 4) is 11.1 Å². The maximum atomic E-state index is 4.49. The standard InChI is InChI=1S/C18H19N5/c1-2-6-14(7-3-1)16-12-19-13-21-18(16)20-10-15-11-22-23-9-5-4-8-17(15)23/h1-3,6-7,11-13H,4-5,8-10H2,(H,19,20,21). The average Bonchev–Trinajstić information content (AvgIpc) is 3.04. The van der Waals surface area contributed by atoms with Gasteiger partial charge in [0.15, 0.2) is 0 Å². The van der Waals surface area contributed by atoms with E-state index in [0.717, 1.165) is 36.5 Å². The zero-order chi connectivity index (χ0) is 15.5. The molecule has 0 bridgehead atoms. The minimum Gasteiger partial charge on any atom is -0.365 e. The van der Waals surface area contributed by atoms with E-state index in [-0.39, 0.29) is 0 Å². The number of nitrogens with zero attached hydrogens (tertiary/aromatic N) is 4. The summed E-state index contributed by atoms with van der Waals surface area (Å²) in [6.45, 7) is 1.78. The Labute approximate surface area is 135 Å². The van der Waals surface area contributed by atoms with Crippen molar-refractivity contribution in [2.24, 2.45) is 0 Å². The van der Waals surface area contributed by atoms with E-state index >= 15 is 0 Å². The Hall–Kier alpha value is -2.69. The largest absolute Gasteiger partial charge is 0.365 e. The third kappa shape index (κ3) is 2.82. The summed E-state index contributed by atoms with van der Waals surface area (Å²) in [7, 11) is 0. The Kier molecular flexibility index (Phi) is 3.76. The van der Waals surface area contributed by atoms with Gasteiger partial charge in [-0.1, -0.05) is 30.3 Å². The van der Waals surface area contributed by atoms with Crippen LogP contribution in [0, 0.1) is 0 Å². The van der Waals surface area contributed by atoms with E-state index in [1.165, 1.54) is 24.1 Å². The SMILES string of the molecule is c1ccc(-c2cncnc2NCc2cnn3c2CCCC3)cc1. The van der Waals surface area contributed by atoms with Crippen molar-refractivity contribution in [1.82, 2.24) is 19.7 Å². The highest BCUT2D eigenvalue weighted by molar-refractivity contribution is 5.74. The number of hydrogen-bond donors (Lipinski definition) is 1. The Bertz CT molecular complexity index is 794. The van der Waals surface area contributed by atoms with Crippen molar-refractivity contribution in [2.45, 2.75) is 32.4 Å². The number of hydrogen-bond acceptors (Lipinski definition) is 4. The highest BCUT2D eigenvalue weighted by Crippen LogP contribution is 2.26. The molecule has 0 aliphatic carbocycles. The van der Waals surface area contributed by atoms with Gasteiger partial charge in [0.2, 0.25) is 0 Å². The third-order valence-corrected chi connectivity index (χ3v) is 4.31. The van der Waals surface area contributed by atoms with Crippen molar-refractivity contribution < 1.29 is 0 Å². The number of aryl methyl sites for hydroxylation is 1. The van der Waals surface area contributed by atoms with Crippen LogP contribution in [0.3, 0.4) is 0 Å². The van der Waals surface area contributed by atoms with Gasteiger partial charge in [-0.2, -0.15) is 5.10 Å². The summed E-state index contributed by atoms with van der Waals surface area (Å²) >= 11 is 0. The monoisotopic (exact) mass is 305 g/mol. The molecule has 23 heavy (non-hydrogen) atoms.